The molecule has 2 bridgehead atoms. The third-order valence-corrected chi connectivity index (χ3v) is 4.24. The van der Waals surface area contributed by atoms with E-state index in [4.69, 9.17) is 0 Å². The van der Waals surface area contributed by atoms with Gasteiger partial charge in [0.15, 0.2) is 0 Å². The van der Waals surface area contributed by atoms with E-state index in [1.165, 1.54) is 25.3 Å². The molecule has 2 aliphatic heterocycles. The summed E-state index contributed by atoms with van der Waals surface area (Å²) < 4.78 is 2.23. The van der Waals surface area contributed by atoms with Crippen LogP contribution in [0.2, 0.25) is 0 Å². The highest BCUT2D eigenvalue weighted by Gasteiger charge is 2.56. The zero-order chi connectivity index (χ0) is 11.3. The van der Waals surface area contributed by atoms with Crippen LogP contribution in [0.4, 0.5) is 5.82 Å². The SMILES string of the molecule is CC1N2CCC(C)(C2)N1c1cccc[n+]1C. The van der Waals surface area contributed by atoms with Crippen LogP contribution in [0.15, 0.2) is 24.4 Å². The number of aryl methyl sites for hydroxylation is 1. The Labute approximate surface area is 97.3 Å². The summed E-state index contributed by atoms with van der Waals surface area (Å²) >= 11 is 0. The van der Waals surface area contributed by atoms with Crippen molar-refractivity contribution in [3.63, 3.8) is 0 Å². The van der Waals surface area contributed by atoms with Crippen molar-refractivity contribution < 1.29 is 4.57 Å². The predicted octanol–water partition coefficient (Wildman–Crippen LogP) is 1.14. The number of nitrogens with zero attached hydrogens (tertiary/aromatic N) is 3. The molecule has 3 atom stereocenters. The Morgan fingerprint density at radius 1 is 1.44 bits per heavy atom. The van der Waals surface area contributed by atoms with Crippen molar-refractivity contribution >= 4 is 5.82 Å². The molecule has 16 heavy (non-hydrogen) atoms. The standard InChI is InChI=1S/C13H20N3/c1-11-15-9-7-13(2,10-15)16(11)12-6-4-5-8-14(12)3/h4-6,8,11H,7,9-10H2,1-3H3/q+1. The van der Waals surface area contributed by atoms with Crippen molar-refractivity contribution in [1.82, 2.24) is 4.90 Å². The summed E-state index contributed by atoms with van der Waals surface area (Å²) in [6.07, 6.45) is 3.95. The first kappa shape index (κ1) is 10.1. The molecule has 2 aliphatic rings. The van der Waals surface area contributed by atoms with Crippen LogP contribution in [0, 0.1) is 0 Å². The number of anilines is 1. The summed E-state index contributed by atoms with van der Waals surface area (Å²) in [7, 11) is 2.13. The van der Waals surface area contributed by atoms with Crippen molar-refractivity contribution in [3.05, 3.63) is 24.4 Å². The average Bonchev–Trinajstić information content (AvgIpc) is 2.74. The Morgan fingerprint density at radius 2 is 2.25 bits per heavy atom. The van der Waals surface area contributed by atoms with Gasteiger partial charge in [0, 0.05) is 25.6 Å². The van der Waals surface area contributed by atoms with Crippen molar-refractivity contribution in [1.29, 1.82) is 0 Å². The lowest BCUT2D eigenvalue weighted by Crippen LogP contribution is -2.54. The van der Waals surface area contributed by atoms with E-state index in [-0.39, 0.29) is 0 Å². The van der Waals surface area contributed by atoms with E-state index in [0.717, 1.165) is 0 Å². The fourth-order valence-electron chi connectivity index (χ4n) is 3.34. The second-order valence-electron chi connectivity index (χ2n) is 5.39. The summed E-state index contributed by atoms with van der Waals surface area (Å²) in [6.45, 7) is 7.18. The summed E-state index contributed by atoms with van der Waals surface area (Å²) in [5.41, 5.74) is 0.332. The monoisotopic (exact) mass is 218 g/mol. The second kappa shape index (κ2) is 3.20. The number of hydrogen-bond acceptors (Lipinski definition) is 2. The van der Waals surface area contributed by atoms with Gasteiger partial charge in [-0.2, -0.15) is 0 Å². The largest absolute Gasteiger partial charge is 0.278 e. The van der Waals surface area contributed by atoms with Gasteiger partial charge >= 0.3 is 0 Å². The Morgan fingerprint density at radius 3 is 2.88 bits per heavy atom. The Bertz CT molecular complexity index is 417. The molecule has 0 aromatic carbocycles. The van der Waals surface area contributed by atoms with E-state index in [1.54, 1.807) is 0 Å². The van der Waals surface area contributed by atoms with Crippen LogP contribution >= 0.6 is 0 Å². The van der Waals surface area contributed by atoms with Gasteiger partial charge < -0.3 is 0 Å². The minimum atomic E-state index is 0.332. The molecule has 3 heterocycles. The number of pyridine rings is 1. The Hall–Kier alpha value is -1.09. The highest BCUT2D eigenvalue weighted by Crippen LogP contribution is 2.40. The fraction of sp³-hybridized carbons (Fsp3) is 0.615. The van der Waals surface area contributed by atoms with E-state index >= 15 is 0 Å². The molecule has 3 unspecified atom stereocenters. The summed E-state index contributed by atoms with van der Waals surface area (Å²) in [4.78, 5) is 5.16. The van der Waals surface area contributed by atoms with Crippen LogP contribution in [0.5, 0.6) is 0 Å². The second-order valence-corrected chi connectivity index (χ2v) is 5.39. The Kier molecular flexibility index (Phi) is 2.02. The zero-order valence-electron chi connectivity index (χ0n) is 10.3. The van der Waals surface area contributed by atoms with Gasteiger partial charge in [-0.1, -0.05) is 6.07 Å². The van der Waals surface area contributed by atoms with Gasteiger partial charge in [-0.05, 0) is 19.9 Å². The molecule has 3 nitrogen and oxygen atoms in total. The molecule has 1 aromatic rings. The lowest BCUT2D eigenvalue weighted by atomic mass is 9.99. The van der Waals surface area contributed by atoms with E-state index in [2.05, 4.69) is 59.7 Å². The molecule has 1 aromatic heterocycles. The number of fused-ring (bicyclic) bond motifs is 2. The molecule has 2 saturated heterocycles. The molecule has 3 heteroatoms. The summed E-state index contributed by atoms with van der Waals surface area (Å²) in [6, 6.07) is 6.45. The number of rotatable bonds is 1. The third kappa shape index (κ3) is 1.21. The van der Waals surface area contributed by atoms with Gasteiger partial charge in [0.05, 0.1) is 13.2 Å². The summed E-state index contributed by atoms with van der Waals surface area (Å²) in [5.74, 6) is 1.33. The van der Waals surface area contributed by atoms with Gasteiger partial charge in [-0.25, -0.2) is 9.47 Å². The number of hydrogen-bond donors (Lipinski definition) is 0. The lowest BCUT2D eigenvalue weighted by Gasteiger charge is -2.34. The third-order valence-electron chi connectivity index (χ3n) is 4.24. The Balaban J connectivity index is 2.05. The number of aromatic nitrogens is 1. The lowest BCUT2D eigenvalue weighted by molar-refractivity contribution is -0.659. The molecule has 86 valence electrons. The van der Waals surface area contributed by atoms with Crippen molar-refractivity contribution in [2.24, 2.45) is 7.05 Å². The van der Waals surface area contributed by atoms with Crippen LogP contribution in [-0.2, 0) is 7.05 Å². The fourth-order valence-corrected chi connectivity index (χ4v) is 3.34. The summed E-state index contributed by atoms with van der Waals surface area (Å²) in [5, 5.41) is 0. The van der Waals surface area contributed by atoms with Crippen molar-refractivity contribution in [2.75, 3.05) is 18.0 Å². The molecule has 2 fully saturated rings. The van der Waals surface area contributed by atoms with E-state index in [0.29, 0.717) is 11.7 Å². The van der Waals surface area contributed by atoms with E-state index in [9.17, 15) is 0 Å². The van der Waals surface area contributed by atoms with Gasteiger partial charge in [-0.3, -0.25) is 4.90 Å². The maximum Gasteiger partial charge on any atom is 0.278 e. The molecule has 3 rings (SSSR count). The quantitative estimate of drug-likeness (QED) is 0.654. The van der Waals surface area contributed by atoms with Gasteiger partial charge in [0.2, 0.25) is 0 Å². The van der Waals surface area contributed by atoms with E-state index < -0.39 is 0 Å². The first-order valence-corrected chi connectivity index (χ1v) is 6.10. The van der Waals surface area contributed by atoms with Crippen molar-refractivity contribution in [2.45, 2.75) is 32.0 Å². The molecule has 0 N–H and O–H groups in total. The zero-order valence-corrected chi connectivity index (χ0v) is 10.3. The minimum Gasteiger partial charge on any atom is -0.261 e. The van der Waals surface area contributed by atoms with Crippen LogP contribution < -0.4 is 9.47 Å². The molecule has 0 aliphatic carbocycles. The highest BCUT2D eigenvalue weighted by molar-refractivity contribution is 5.42. The van der Waals surface area contributed by atoms with Crippen LogP contribution in [-0.4, -0.2) is 29.7 Å². The van der Waals surface area contributed by atoms with Gasteiger partial charge in [-0.15, -0.1) is 0 Å². The molecule has 0 amide bonds. The average molecular weight is 218 g/mol. The van der Waals surface area contributed by atoms with Crippen LogP contribution in [0.1, 0.15) is 20.3 Å². The molecule has 0 radical (unpaired) electrons. The normalized spacial score (nSPS) is 37.1. The van der Waals surface area contributed by atoms with Gasteiger partial charge in [0.25, 0.3) is 5.82 Å². The van der Waals surface area contributed by atoms with Crippen LogP contribution in [0.25, 0.3) is 0 Å². The topological polar surface area (TPSA) is 10.4 Å². The highest BCUT2D eigenvalue weighted by atomic mass is 15.5. The maximum absolute atomic E-state index is 2.58. The van der Waals surface area contributed by atoms with E-state index in [1.807, 2.05) is 0 Å². The molecular weight excluding hydrogens is 198 g/mol. The van der Waals surface area contributed by atoms with Crippen molar-refractivity contribution in [3.8, 4) is 0 Å². The maximum atomic E-state index is 2.58. The first-order valence-electron chi connectivity index (χ1n) is 6.10. The molecular formula is C13H20N3+. The van der Waals surface area contributed by atoms with Crippen LogP contribution in [0.3, 0.4) is 0 Å². The van der Waals surface area contributed by atoms with Gasteiger partial charge in [0.1, 0.15) is 11.7 Å². The predicted molar refractivity (Wildman–Crippen MR) is 64.2 cm³/mol. The molecule has 0 saturated carbocycles. The smallest absolute Gasteiger partial charge is 0.261 e. The minimum absolute atomic E-state index is 0.332. The first-order chi connectivity index (χ1) is 7.62. The molecule has 0 spiro atoms.